The first-order valence-electron chi connectivity index (χ1n) is 6.87. The maximum absolute atomic E-state index is 12.0. The molecule has 6 heteroatoms. The molecule has 0 radical (unpaired) electrons. The number of hydrogen-bond donors (Lipinski definition) is 1. The van der Waals surface area contributed by atoms with Crippen molar-refractivity contribution in [3.8, 4) is 5.75 Å². The first-order valence-corrected chi connectivity index (χ1v) is 6.87. The largest absolute Gasteiger partial charge is 0.490 e. The molecule has 1 fully saturated rings. The van der Waals surface area contributed by atoms with Gasteiger partial charge in [-0.15, -0.1) is 0 Å². The van der Waals surface area contributed by atoms with Crippen molar-refractivity contribution in [2.45, 2.75) is 12.8 Å². The van der Waals surface area contributed by atoms with E-state index < -0.39 is 4.92 Å². The molecule has 21 heavy (non-hydrogen) atoms. The average molecular weight is 290 g/mol. The standard InChI is InChI=1S/C15H18N2O4/c1-21-15-10-11(2-4-13(15)17(19)20)3-5-14(18)12-6-8-16-9-7-12/h2-5,10,12,16H,6-9H2,1H3. The highest BCUT2D eigenvalue weighted by atomic mass is 16.6. The SMILES string of the molecule is COc1cc(C=CC(=O)C2CCNCC2)ccc1[N+](=O)[O-]. The number of nitrogens with zero attached hydrogens (tertiary/aromatic N) is 1. The van der Waals surface area contributed by atoms with Crippen LogP contribution in [0, 0.1) is 16.0 Å². The normalized spacial score (nSPS) is 16.0. The summed E-state index contributed by atoms with van der Waals surface area (Å²) in [5.74, 6) is 0.368. The third-order valence-electron chi connectivity index (χ3n) is 3.58. The summed E-state index contributed by atoms with van der Waals surface area (Å²) in [5, 5.41) is 14.0. The fourth-order valence-corrected chi connectivity index (χ4v) is 2.37. The van der Waals surface area contributed by atoms with Crippen molar-refractivity contribution in [2.24, 2.45) is 5.92 Å². The molecule has 1 aliphatic rings. The summed E-state index contributed by atoms with van der Waals surface area (Å²) in [6, 6.07) is 4.55. The van der Waals surface area contributed by atoms with Gasteiger partial charge in [-0.05, 0) is 49.7 Å². The molecule has 0 unspecified atom stereocenters. The Labute approximate surface area is 122 Å². The summed E-state index contributed by atoms with van der Waals surface area (Å²) in [7, 11) is 1.38. The summed E-state index contributed by atoms with van der Waals surface area (Å²) in [4.78, 5) is 22.4. The molecular weight excluding hydrogens is 272 g/mol. The van der Waals surface area contributed by atoms with E-state index in [1.54, 1.807) is 24.3 Å². The van der Waals surface area contributed by atoms with E-state index in [-0.39, 0.29) is 23.1 Å². The number of rotatable bonds is 5. The number of ketones is 1. The Morgan fingerprint density at radius 3 is 2.76 bits per heavy atom. The highest BCUT2D eigenvalue weighted by molar-refractivity contribution is 5.95. The van der Waals surface area contributed by atoms with Crippen molar-refractivity contribution in [1.82, 2.24) is 5.32 Å². The first kappa shape index (κ1) is 15.2. The van der Waals surface area contributed by atoms with E-state index in [2.05, 4.69) is 5.32 Å². The molecule has 0 spiro atoms. The van der Waals surface area contributed by atoms with Gasteiger partial charge in [0.15, 0.2) is 11.5 Å². The van der Waals surface area contributed by atoms with E-state index in [0.717, 1.165) is 25.9 Å². The van der Waals surface area contributed by atoms with Crippen LogP contribution in [-0.2, 0) is 4.79 Å². The smallest absolute Gasteiger partial charge is 0.310 e. The first-order chi connectivity index (χ1) is 10.1. The summed E-state index contributed by atoms with van der Waals surface area (Å²) in [5.41, 5.74) is 0.624. The van der Waals surface area contributed by atoms with E-state index in [1.165, 1.54) is 13.2 Å². The van der Waals surface area contributed by atoms with Gasteiger partial charge in [-0.25, -0.2) is 0 Å². The van der Waals surface area contributed by atoms with Crippen LogP contribution in [0.3, 0.4) is 0 Å². The van der Waals surface area contributed by atoms with Gasteiger partial charge in [-0.1, -0.05) is 6.08 Å². The van der Waals surface area contributed by atoms with Gasteiger partial charge in [-0.2, -0.15) is 0 Å². The molecule has 1 saturated heterocycles. The lowest BCUT2D eigenvalue weighted by Gasteiger charge is -2.19. The molecule has 2 rings (SSSR count). The number of hydrogen-bond acceptors (Lipinski definition) is 5. The number of carbonyl (C=O) groups is 1. The van der Waals surface area contributed by atoms with Gasteiger partial charge in [0.1, 0.15) is 0 Å². The lowest BCUT2D eigenvalue weighted by molar-refractivity contribution is -0.385. The number of allylic oxidation sites excluding steroid dienone is 1. The number of carbonyl (C=O) groups excluding carboxylic acids is 1. The third-order valence-corrected chi connectivity index (χ3v) is 3.58. The molecular formula is C15H18N2O4. The van der Waals surface area contributed by atoms with Crippen molar-refractivity contribution < 1.29 is 14.5 Å². The van der Waals surface area contributed by atoms with Crippen LogP contribution in [0.15, 0.2) is 24.3 Å². The second-order valence-corrected chi connectivity index (χ2v) is 4.95. The molecule has 1 N–H and O–H groups in total. The fourth-order valence-electron chi connectivity index (χ4n) is 2.37. The van der Waals surface area contributed by atoms with Crippen LogP contribution in [0.2, 0.25) is 0 Å². The average Bonchev–Trinajstić information content (AvgIpc) is 2.52. The number of ether oxygens (including phenoxy) is 1. The van der Waals surface area contributed by atoms with Crippen molar-refractivity contribution >= 4 is 17.5 Å². The minimum Gasteiger partial charge on any atom is -0.490 e. The topological polar surface area (TPSA) is 81.5 Å². The Kier molecular flexibility index (Phi) is 5.05. The monoisotopic (exact) mass is 290 g/mol. The van der Waals surface area contributed by atoms with Crippen LogP contribution in [0.5, 0.6) is 5.75 Å². The molecule has 1 aromatic carbocycles. The van der Waals surface area contributed by atoms with Gasteiger partial charge in [0.25, 0.3) is 0 Å². The van der Waals surface area contributed by atoms with Crippen molar-refractivity contribution in [3.63, 3.8) is 0 Å². The molecule has 0 aromatic heterocycles. The molecule has 0 amide bonds. The summed E-state index contributed by atoms with van der Waals surface area (Å²) >= 11 is 0. The van der Waals surface area contributed by atoms with Crippen molar-refractivity contribution in [1.29, 1.82) is 0 Å². The van der Waals surface area contributed by atoms with Crippen LogP contribution >= 0.6 is 0 Å². The van der Waals surface area contributed by atoms with Gasteiger partial charge in [0, 0.05) is 12.0 Å². The van der Waals surface area contributed by atoms with E-state index >= 15 is 0 Å². The molecule has 6 nitrogen and oxygen atoms in total. The molecule has 0 saturated carbocycles. The van der Waals surface area contributed by atoms with Gasteiger partial charge < -0.3 is 10.1 Å². The Morgan fingerprint density at radius 1 is 1.43 bits per heavy atom. The van der Waals surface area contributed by atoms with Crippen LogP contribution in [0.25, 0.3) is 6.08 Å². The summed E-state index contributed by atoms with van der Waals surface area (Å²) in [6.07, 6.45) is 4.94. The van der Waals surface area contributed by atoms with Gasteiger partial charge in [-0.3, -0.25) is 14.9 Å². The maximum Gasteiger partial charge on any atom is 0.310 e. The number of nitro groups is 1. The van der Waals surface area contributed by atoms with E-state index in [0.29, 0.717) is 5.56 Å². The van der Waals surface area contributed by atoms with E-state index in [4.69, 9.17) is 4.74 Å². The van der Waals surface area contributed by atoms with Crippen molar-refractivity contribution in [2.75, 3.05) is 20.2 Å². The maximum atomic E-state index is 12.0. The van der Waals surface area contributed by atoms with Crippen LogP contribution in [0.4, 0.5) is 5.69 Å². The predicted octanol–water partition coefficient (Wildman–Crippen LogP) is 2.19. The van der Waals surface area contributed by atoms with Gasteiger partial charge >= 0.3 is 5.69 Å². The predicted molar refractivity (Wildman–Crippen MR) is 79.3 cm³/mol. The molecule has 0 bridgehead atoms. The highest BCUT2D eigenvalue weighted by Crippen LogP contribution is 2.28. The lowest BCUT2D eigenvalue weighted by Crippen LogP contribution is -2.31. The zero-order valence-corrected chi connectivity index (χ0v) is 11.9. The third kappa shape index (κ3) is 3.88. The van der Waals surface area contributed by atoms with Crippen LogP contribution in [-0.4, -0.2) is 30.9 Å². The quantitative estimate of drug-likeness (QED) is 0.510. The van der Waals surface area contributed by atoms with Crippen molar-refractivity contribution in [3.05, 3.63) is 40.0 Å². The number of nitrogens with one attached hydrogen (secondary N) is 1. The number of benzene rings is 1. The Hall–Kier alpha value is -2.21. The minimum absolute atomic E-state index is 0.0717. The van der Waals surface area contributed by atoms with E-state index in [9.17, 15) is 14.9 Å². The van der Waals surface area contributed by atoms with Crippen LogP contribution in [0.1, 0.15) is 18.4 Å². The lowest BCUT2D eigenvalue weighted by atomic mass is 9.93. The number of piperidine rings is 1. The second kappa shape index (κ2) is 6.99. The highest BCUT2D eigenvalue weighted by Gasteiger charge is 2.18. The molecule has 0 atom stereocenters. The molecule has 1 heterocycles. The molecule has 112 valence electrons. The van der Waals surface area contributed by atoms with E-state index in [1.807, 2.05) is 0 Å². The Bertz CT molecular complexity index is 563. The molecule has 1 aromatic rings. The minimum atomic E-state index is -0.494. The molecule has 0 aliphatic carbocycles. The Balaban J connectivity index is 2.09. The fraction of sp³-hybridized carbons (Fsp3) is 0.400. The number of methoxy groups -OCH3 is 1. The summed E-state index contributed by atoms with van der Waals surface area (Å²) in [6.45, 7) is 1.74. The Morgan fingerprint density at radius 2 is 2.14 bits per heavy atom. The second-order valence-electron chi connectivity index (χ2n) is 4.95. The summed E-state index contributed by atoms with van der Waals surface area (Å²) < 4.78 is 5.00. The molecule has 1 aliphatic heterocycles. The van der Waals surface area contributed by atoms with Gasteiger partial charge in [0.2, 0.25) is 0 Å². The van der Waals surface area contributed by atoms with Crippen LogP contribution < -0.4 is 10.1 Å². The zero-order valence-electron chi connectivity index (χ0n) is 11.9. The zero-order chi connectivity index (χ0) is 15.2. The van der Waals surface area contributed by atoms with Gasteiger partial charge in [0.05, 0.1) is 12.0 Å². The number of nitro benzene ring substituents is 1.